The van der Waals surface area contributed by atoms with Gasteiger partial charge in [0, 0.05) is 39.8 Å². The minimum atomic E-state index is -0.699. The number of anilines is 1. The van der Waals surface area contributed by atoms with Crippen molar-refractivity contribution in [2.24, 2.45) is 5.41 Å². The van der Waals surface area contributed by atoms with E-state index < -0.39 is 17.8 Å². The van der Waals surface area contributed by atoms with E-state index in [-0.39, 0.29) is 11.2 Å². The number of thiophene rings is 1. The molecule has 1 aromatic heterocycles. The zero-order valence-electron chi connectivity index (χ0n) is 25.2. The fourth-order valence-corrected chi connectivity index (χ4v) is 7.75. The molecule has 0 saturated carbocycles. The second-order valence-corrected chi connectivity index (χ2v) is 12.9. The molecule has 2 aromatic rings. The van der Waals surface area contributed by atoms with E-state index in [1.54, 1.807) is 12.1 Å². The van der Waals surface area contributed by atoms with Crippen LogP contribution >= 0.6 is 11.3 Å². The summed E-state index contributed by atoms with van der Waals surface area (Å²) >= 11 is 1.43. The number of allylic oxidation sites excluding steroid dienone is 3. The Bertz CT molecular complexity index is 1510. The Morgan fingerprint density at radius 1 is 1.00 bits per heavy atom. The number of carbonyl (C=O) groups is 3. The van der Waals surface area contributed by atoms with Gasteiger partial charge in [-0.25, -0.2) is 4.79 Å². The first-order chi connectivity index (χ1) is 20.0. The SMILES string of the molecule is COC(=O)c1c(NC(=O)C2=C(C)NC3=C(C(=O)CC(C)(C)C3)C2c2cc(OC)c(OC)c(OC)c2)sc2c1CCCC2. The van der Waals surface area contributed by atoms with Crippen molar-refractivity contribution in [3.63, 3.8) is 0 Å². The van der Waals surface area contributed by atoms with Crippen molar-refractivity contribution in [2.45, 2.75) is 65.2 Å². The van der Waals surface area contributed by atoms with E-state index in [2.05, 4.69) is 24.5 Å². The molecule has 0 spiro atoms. The number of ether oxygens (including phenoxy) is 4. The van der Waals surface area contributed by atoms with E-state index in [0.29, 0.717) is 63.1 Å². The molecule has 0 radical (unpaired) electrons. The van der Waals surface area contributed by atoms with Gasteiger partial charge in [0.2, 0.25) is 5.75 Å². The van der Waals surface area contributed by atoms with Gasteiger partial charge in [-0.2, -0.15) is 0 Å². The molecule has 2 heterocycles. The van der Waals surface area contributed by atoms with Crippen molar-refractivity contribution in [3.05, 3.63) is 56.2 Å². The molecular formula is C32H38N2O7S. The van der Waals surface area contributed by atoms with E-state index in [1.807, 2.05) is 6.92 Å². The molecule has 0 bridgehead atoms. The van der Waals surface area contributed by atoms with E-state index in [4.69, 9.17) is 18.9 Å². The van der Waals surface area contributed by atoms with Gasteiger partial charge in [0.15, 0.2) is 17.3 Å². The maximum Gasteiger partial charge on any atom is 0.341 e. The normalized spacial score (nSPS) is 19.4. The second kappa shape index (κ2) is 11.5. The molecule has 1 amide bonds. The Morgan fingerprint density at radius 2 is 1.67 bits per heavy atom. The third-order valence-corrected chi connectivity index (χ3v) is 9.50. The van der Waals surface area contributed by atoms with E-state index in [1.165, 1.54) is 39.8 Å². The fraction of sp³-hybridized carbons (Fsp3) is 0.469. The van der Waals surface area contributed by atoms with Gasteiger partial charge in [-0.3, -0.25) is 9.59 Å². The summed E-state index contributed by atoms with van der Waals surface area (Å²) in [5.74, 6) is -0.317. The van der Waals surface area contributed by atoms with Gasteiger partial charge in [0.25, 0.3) is 5.91 Å². The van der Waals surface area contributed by atoms with E-state index in [0.717, 1.165) is 41.8 Å². The molecular weight excluding hydrogens is 556 g/mol. The number of ketones is 1. The number of nitrogens with one attached hydrogen (secondary N) is 2. The zero-order valence-corrected chi connectivity index (χ0v) is 26.1. The van der Waals surface area contributed by atoms with Crippen molar-refractivity contribution >= 4 is 34.0 Å². The highest BCUT2D eigenvalue weighted by molar-refractivity contribution is 7.17. The number of rotatable bonds is 7. The molecule has 5 rings (SSSR count). The molecule has 224 valence electrons. The Labute approximate surface area is 250 Å². The summed E-state index contributed by atoms with van der Waals surface area (Å²) in [5, 5.41) is 6.92. The number of esters is 1. The molecule has 1 atom stereocenters. The number of aryl methyl sites for hydroxylation is 1. The van der Waals surface area contributed by atoms with Crippen LogP contribution in [0.15, 0.2) is 34.7 Å². The summed E-state index contributed by atoms with van der Waals surface area (Å²) < 4.78 is 21.9. The molecule has 9 nitrogen and oxygen atoms in total. The standard InChI is InChI=1S/C32H38N2O7S/c1-16-24(29(36)34-30-26(31(37)41-7)18-10-8-9-11-23(18)42-30)25(27-19(33-16)14-32(2,3)15-20(27)35)17-12-21(38-4)28(40-6)22(13-17)39-5/h12-13,25,33H,8-11,14-15H2,1-7H3,(H,34,36). The van der Waals surface area contributed by atoms with Crippen LogP contribution in [-0.4, -0.2) is 46.1 Å². The predicted molar refractivity (Wildman–Crippen MR) is 161 cm³/mol. The summed E-state index contributed by atoms with van der Waals surface area (Å²) in [4.78, 5) is 42.1. The minimum Gasteiger partial charge on any atom is -0.493 e. The average Bonchev–Trinajstić information content (AvgIpc) is 3.31. The summed E-state index contributed by atoms with van der Waals surface area (Å²) in [5.41, 5.74) is 4.20. The molecule has 42 heavy (non-hydrogen) atoms. The Kier molecular flexibility index (Phi) is 8.11. The largest absolute Gasteiger partial charge is 0.493 e. The van der Waals surface area contributed by atoms with Gasteiger partial charge in [-0.05, 0) is 67.7 Å². The Hall–Kier alpha value is -3.79. The van der Waals surface area contributed by atoms with Gasteiger partial charge < -0.3 is 29.6 Å². The van der Waals surface area contributed by atoms with Crippen LogP contribution in [0.1, 0.15) is 78.7 Å². The van der Waals surface area contributed by atoms with Gasteiger partial charge in [-0.1, -0.05) is 13.8 Å². The number of benzene rings is 1. The van der Waals surface area contributed by atoms with Gasteiger partial charge in [-0.15, -0.1) is 11.3 Å². The Balaban J connectivity index is 1.65. The quantitative estimate of drug-likeness (QED) is 0.394. The first kappa shape index (κ1) is 29.7. The summed E-state index contributed by atoms with van der Waals surface area (Å²) in [6.07, 6.45) is 4.65. The fourth-order valence-electron chi connectivity index (χ4n) is 6.48. The lowest BCUT2D eigenvalue weighted by Gasteiger charge is -2.39. The van der Waals surface area contributed by atoms with Crippen LogP contribution in [0.2, 0.25) is 0 Å². The van der Waals surface area contributed by atoms with Crippen LogP contribution in [0.4, 0.5) is 5.00 Å². The third-order valence-electron chi connectivity index (χ3n) is 8.29. The number of amides is 1. The summed E-state index contributed by atoms with van der Waals surface area (Å²) in [6.45, 7) is 5.98. The number of Topliss-reactive ketones (excluding diaryl/α,β-unsaturated/α-hetero) is 1. The van der Waals surface area contributed by atoms with Crippen LogP contribution in [0.5, 0.6) is 17.2 Å². The van der Waals surface area contributed by atoms with Crippen molar-refractivity contribution in [1.82, 2.24) is 5.32 Å². The van der Waals surface area contributed by atoms with Crippen molar-refractivity contribution in [2.75, 3.05) is 33.8 Å². The molecule has 10 heteroatoms. The number of carbonyl (C=O) groups excluding carboxylic acids is 3. The molecule has 2 aliphatic carbocycles. The molecule has 1 unspecified atom stereocenters. The molecule has 0 fully saturated rings. The lowest BCUT2D eigenvalue weighted by molar-refractivity contribution is -0.118. The summed E-state index contributed by atoms with van der Waals surface area (Å²) in [7, 11) is 5.94. The number of hydrogen-bond donors (Lipinski definition) is 2. The number of fused-ring (bicyclic) bond motifs is 1. The van der Waals surface area contributed by atoms with Crippen molar-refractivity contribution < 1.29 is 33.3 Å². The Morgan fingerprint density at radius 3 is 2.29 bits per heavy atom. The molecule has 1 aromatic carbocycles. The van der Waals surface area contributed by atoms with Crippen molar-refractivity contribution in [1.29, 1.82) is 0 Å². The molecule has 0 saturated heterocycles. The lowest BCUT2D eigenvalue weighted by Crippen LogP contribution is -2.39. The maximum absolute atomic E-state index is 14.3. The molecule has 3 aliphatic rings. The van der Waals surface area contributed by atoms with Gasteiger partial charge in [0.1, 0.15) is 5.00 Å². The smallest absolute Gasteiger partial charge is 0.341 e. The van der Waals surface area contributed by atoms with Gasteiger partial charge in [0.05, 0.1) is 34.0 Å². The monoisotopic (exact) mass is 594 g/mol. The average molecular weight is 595 g/mol. The predicted octanol–water partition coefficient (Wildman–Crippen LogP) is 5.68. The van der Waals surface area contributed by atoms with Crippen LogP contribution in [0.3, 0.4) is 0 Å². The molecule has 2 N–H and O–H groups in total. The van der Waals surface area contributed by atoms with E-state index in [9.17, 15) is 14.4 Å². The number of hydrogen-bond acceptors (Lipinski definition) is 9. The highest BCUT2D eigenvalue weighted by Crippen LogP contribution is 2.50. The summed E-state index contributed by atoms with van der Waals surface area (Å²) in [6, 6.07) is 3.58. The first-order valence-electron chi connectivity index (χ1n) is 14.1. The van der Waals surface area contributed by atoms with E-state index >= 15 is 0 Å². The van der Waals surface area contributed by atoms with Crippen LogP contribution < -0.4 is 24.8 Å². The highest BCUT2D eigenvalue weighted by Gasteiger charge is 2.43. The zero-order chi connectivity index (χ0) is 30.3. The lowest BCUT2D eigenvalue weighted by atomic mass is 9.68. The first-order valence-corrected chi connectivity index (χ1v) is 14.9. The third kappa shape index (κ3) is 5.17. The van der Waals surface area contributed by atoms with Crippen LogP contribution in [0.25, 0.3) is 0 Å². The minimum absolute atomic E-state index is 0.0212. The maximum atomic E-state index is 14.3. The highest BCUT2D eigenvalue weighted by atomic mass is 32.1. The van der Waals surface area contributed by atoms with Crippen molar-refractivity contribution in [3.8, 4) is 17.2 Å². The molecule has 1 aliphatic heterocycles. The topological polar surface area (TPSA) is 112 Å². The van der Waals surface area contributed by atoms with Crippen LogP contribution in [-0.2, 0) is 27.2 Å². The second-order valence-electron chi connectivity index (χ2n) is 11.7. The van der Waals surface area contributed by atoms with Crippen LogP contribution in [0, 0.1) is 5.41 Å². The number of methoxy groups -OCH3 is 4. The number of dihydropyridines is 1. The van der Waals surface area contributed by atoms with Gasteiger partial charge >= 0.3 is 5.97 Å².